The van der Waals surface area contributed by atoms with Crippen molar-refractivity contribution in [3.63, 3.8) is 0 Å². The fourth-order valence-corrected chi connectivity index (χ4v) is 3.08. The molecule has 1 amide bonds. The third-order valence-electron chi connectivity index (χ3n) is 4.53. The lowest BCUT2D eigenvalue weighted by Crippen LogP contribution is -2.27. The van der Waals surface area contributed by atoms with E-state index < -0.39 is 0 Å². The van der Waals surface area contributed by atoms with Crippen molar-refractivity contribution in [2.75, 3.05) is 27.8 Å². The number of amides is 1. The molecule has 28 heavy (non-hydrogen) atoms. The summed E-state index contributed by atoms with van der Waals surface area (Å²) in [6.45, 7) is 2.72. The van der Waals surface area contributed by atoms with E-state index in [0.717, 1.165) is 12.1 Å². The number of methoxy groups -OCH3 is 2. The number of hydrogen-bond acceptors (Lipinski definition) is 4. The van der Waals surface area contributed by atoms with Gasteiger partial charge in [0.25, 0.3) is 5.91 Å². The number of carbonyl (C=O) groups is 1. The summed E-state index contributed by atoms with van der Waals surface area (Å²) in [6.07, 6.45) is 2.66. The van der Waals surface area contributed by atoms with Crippen LogP contribution in [0.1, 0.15) is 23.7 Å². The van der Waals surface area contributed by atoms with Crippen molar-refractivity contribution in [2.45, 2.75) is 13.3 Å². The lowest BCUT2D eigenvalue weighted by molar-refractivity contribution is 0.0796. The first-order valence-corrected chi connectivity index (χ1v) is 9.22. The molecule has 0 radical (unpaired) electrons. The molecule has 146 valence electrons. The van der Waals surface area contributed by atoms with Crippen LogP contribution in [-0.2, 0) is 0 Å². The number of hydrogen-bond donors (Lipinski definition) is 0. The Bertz CT molecular complexity index is 951. The predicted molar refractivity (Wildman–Crippen MR) is 109 cm³/mol. The predicted octanol–water partition coefficient (Wildman–Crippen LogP) is 4.04. The van der Waals surface area contributed by atoms with E-state index in [1.807, 2.05) is 55.5 Å². The normalized spacial score (nSPS) is 10.6. The third kappa shape index (κ3) is 3.86. The summed E-state index contributed by atoms with van der Waals surface area (Å²) in [4.78, 5) is 14.8. The molecule has 0 spiro atoms. The minimum atomic E-state index is -0.0797. The third-order valence-corrected chi connectivity index (χ3v) is 4.53. The monoisotopic (exact) mass is 379 g/mol. The van der Waals surface area contributed by atoms with Crippen LogP contribution in [0.4, 0.5) is 0 Å². The number of nitrogens with zero attached hydrogens (tertiary/aromatic N) is 3. The lowest BCUT2D eigenvalue weighted by atomic mass is 10.1. The van der Waals surface area contributed by atoms with Gasteiger partial charge >= 0.3 is 0 Å². The van der Waals surface area contributed by atoms with Crippen LogP contribution in [-0.4, -0.2) is 48.4 Å². The second-order valence-corrected chi connectivity index (χ2v) is 6.46. The van der Waals surface area contributed by atoms with Gasteiger partial charge in [0.1, 0.15) is 17.2 Å². The van der Waals surface area contributed by atoms with Gasteiger partial charge < -0.3 is 14.4 Å². The van der Waals surface area contributed by atoms with Crippen LogP contribution < -0.4 is 9.47 Å². The van der Waals surface area contributed by atoms with Crippen LogP contribution in [0.15, 0.2) is 54.7 Å². The second-order valence-electron chi connectivity index (χ2n) is 6.46. The fraction of sp³-hybridized carbons (Fsp3) is 0.273. The molecule has 0 atom stereocenters. The van der Waals surface area contributed by atoms with E-state index in [0.29, 0.717) is 34.9 Å². The molecule has 0 fully saturated rings. The van der Waals surface area contributed by atoms with Gasteiger partial charge in [0.15, 0.2) is 0 Å². The minimum Gasteiger partial charge on any atom is -0.497 e. The number of aromatic nitrogens is 2. The van der Waals surface area contributed by atoms with Crippen molar-refractivity contribution < 1.29 is 14.3 Å². The smallest absolute Gasteiger partial charge is 0.257 e. The van der Waals surface area contributed by atoms with E-state index in [9.17, 15) is 4.79 Å². The zero-order valence-electron chi connectivity index (χ0n) is 16.7. The Balaban J connectivity index is 2.19. The highest BCUT2D eigenvalue weighted by molar-refractivity contribution is 6.00. The van der Waals surface area contributed by atoms with Gasteiger partial charge in [-0.25, -0.2) is 4.68 Å². The molecular formula is C22H25N3O3. The molecule has 0 aliphatic carbocycles. The number of benzene rings is 2. The second kappa shape index (κ2) is 8.61. The zero-order chi connectivity index (χ0) is 20.1. The highest BCUT2D eigenvalue weighted by atomic mass is 16.5. The Morgan fingerprint density at radius 1 is 1.11 bits per heavy atom. The van der Waals surface area contributed by atoms with E-state index in [1.54, 1.807) is 37.0 Å². The average molecular weight is 379 g/mol. The van der Waals surface area contributed by atoms with Crippen molar-refractivity contribution >= 4 is 5.91 Å². The molecule has 3 rings (SSSR count). The van der Waals surface area contributed by atoms with Crippen LogP contribution in [0, 0.1) is 0 Å². The van der Waals surface area contributed by atoms with Gasteiger partial charge in [-0.2, -0.15) is 5.10 Å². The Morgan fingerprint density at radius 3 is 2.50 bits per heavy atom. The molecule has 0 saturated carbocycles. The largest absolute Gasteiger partial charge is 0.497 e. The van der Waals surface area contributed by atoms with Gasteiger partial charge in [-0.15, -0.1) is 0 Å². The van der Waals surface area contributed by atoms with E-state index in [4.69, 9.17) is 14.6 Å². The Morgan fingerprint density at radius 2 is 1.86 bits per heavy atom. The summed E-state index contributed by atoms with van der Waals surface area (Å²) in [5, 5.41) is 4.73. The van der Waals surface area contributed by atoms with Crippen molar-refractivity contribution in [1.82, 2.24) is 14.7 Å². The summed E-state index contributed by atoms with van der Waals surface area (Å²) >= 11 is 0. The number of carbonyl (C=O) groups excluding carboxylic acids is 1. The maximum Gasteiger partial charge on any atom is 0.257 e. The Labute approximate surface area is 165 Å². The molecule has 0 aliphatic heterocycles. The molecule has 3 aromatic rings. The van der Waals surface area contributed by atoms with Gasteiger partial charge in [0.05, 0.1) is 25.5 Å². The molecule has 1 heterocycles. The molecule has 0 saturated heterocycles. The molecular weight excluding hydrogens is 354 g/mol. The Hall–Kier alpha value is -3.28. The lowest BCUT2D eigenvalue weighted by Gasteiger charge is -2.16. The summed E-state index contributed by atoms with van der Waals surface area (Å²) in [5.41, 5.74) is 2.67. The minimum absolute atomic E-state index is 0.0797. The van der Waals surface area contributed by atoms with E-state index in [-0.39, 0.29) is 5.91 Å². The standard InChI is InChI=1S/C22H25N3O3/c1-5-13-24(2)22(26)19-15-25(16-9-7-6-8-10-16)23-21(19)18-14-17(27-3)11-12-20(18)28-4/h6-12,14-15H,5,13H2,1-4H3. The average Bonchev–Trinajstić information content (AvgIpc) is 3.18. The first kappa shape index (κ1) is 19.5. The first-order valence-electron chi connectivity index (χ1n) is 9.22. The fourth-order valence-electron chi connectivity index (χ4n) is 3.08. The maximum atomic E-state index is 13.1. The van der Waals surface area contributed by atoms with Crippen molar-refractivity contribution in [3.05, 3.63) is 60.3 Å². The highest BCUT2D eigenvalue weighted by Gasteiger charge is 2.23. The molecule has 1 aromatic heterocycles. The van der Waals surface area contributed by atoms with Crippen molar-refractivity contribution in [3.8, 4) is 28.4 Å². The summed E-state index contributed by atoms with van der Waals surface area (Å²) < 4.78 is 12.6. The topological polar surface area (TPSA) is 56.6 Å². The quantitative estimate of drug-likeness (QED) is 0.622. The van der Waals surface area contributed by atoms with Crippen LogP contribution in [0.2, 0.25) is 0 Å². The SMILES string of the molecule is CCCN(C)C(=O)c1cn(-c2ccccc2)nc1-c1cc(OC)ccc1OC. The molecule has 0 N–H and O–H groups in total. The molecule has 0 bridgehead atoms. The van der Waals surface area contributed by atoms with E-state index in [2.05, 4.69) is 0 Å². The molecule has 2 aromatic carbocycles. The highest BCUT2D eigenvalue weighted by Crippen LogP contribution is 2.35. The Kier molecular flexibility index (Phi) is 5.99. The maximum absolute atomic E-state index is 13.1. The van der Waals surface area contributed by atoms with Crippen LogP contribution in [0.5, 0.6) is 11.5 Å². The number of para-hydroxylation sites is 1. The zero-order valence-corrected chi connectivity index (χ0v) is 16.7. The van der Waals surface area contributed by atoms with E-state index in [1.165, 1.54) is 0 Å². The van der Waals surface area contributed by atoms with Gasteiger partial charge in [-0.05, 0) is 36.8 Å². The van der Waals surface area contributed by atoms with E-state index >= 15 is 0 Å². The van der Waals surface area contributed by atoms with Crippen LogP contribution >= 0.6 is 0 Å². The molecule has 0 aliphatic rings. The number of ether oxygens (including phenoxy) is 2. The molecule has 6 heteroatoms. The summed E-state index contributed by atoms with van der Waals surface area (Å²) in [6, 6.07) is 15.2. The summed E-state index contributed by atoms with van der Waals surface area (Å²) in [5.74, 6) is 1.22. The van der Waals surface area contributed by atoms with Crippen LogP contribution in [0.25, 0.3) is 16.9 Å². The van der Waals surface area contributed by atoms with Gasteiger partial charge in [-0.3, -0.25) is 4.79 Å². The first-order chi connectivity index (χ1) is 13.6. The van der Waals surface area contributed by atoms with Crippen LogP contribution in [0.3, 0.4) is 0 Å². The van der Waals surface area contributed by atoms with Gasteiger partial charge in [-0.1, -0.05) is 25.1 Å². The van der Waals surface area contributed by atoms with Crippen molar-refractivity contribution in [2.24, 2.45) is 0 Å². The van der Waals surface area contributed by atoms with Gasteiger partial charge in [0, 0.05) is 25.4 Å². The molecule has 0 unspecified atom stereocenters. The van der Waals surface area contributed by atoms with Crippen molar-refractivity contribution in [1.29, 1.82) is 0 Å². The summed E-state index contributed by atoms with van der Waals surface area (Å²) in [7, 11) is 5.01. The number of rotatable bonds is 7. The molecule has 6 nitrogen and oxygen atoms in total. The van der Waals surface area contributed by atoms with Gasteiger partial charge in [0.2, 0.25) is 0 Å².